The molecule has 2 aromatic carbocycles. The highest BCUT2D eigenvalue weighted by Crippen LogP contribution is 2.41. The molecule has 1 fully saturated rings. The van der Waals surface area contributed by atoms with Crippen molar-refractivity contribution in [1.82, 2.24) is 4.90 Å². The second kappa shape index (κ2) is 10.1. The molecule has 174 valence electrons. The maximum absolute atomic E-state index is 13.2. The summed E-state index contributed by atoms with van der Waals surface area (Å²) in [6.07, 6.45) is 3.14. The number of aliphatic hydroxyl groups is 1. The molecule has 1 amide bonds. The van der Waals surface area contributed by atoms with Gasteiger partial charge in [0.1, 0.15) is 29.6 Å². The van der Waals surface area contributed by atoms with E-state index in [-0.39, 0.29) is 17.9 Å². The van der Waals surface area contributed by atoms with Gasteiger partial charge in [-0.05, 0) is 61.0 Å². The third kappa shape index (κ3) is 4.59. The number of ketones is 1. The van der Waals surface area contributed by atoms with E-state index in [4.69, 9.17) is 13.9 Å². The SMILES string of the molecule is C=CCOc1ccc(/C(O)=C2/C(=O)C(=O)N(Cc3ccco3)C2c2cccc(OCC)c2)cc1. The summed E-state index contributed by atoms with van der Waals surface area (Å²) in [6.45, 7) is 6.38. The predicted molar refractivity (Wildman–Crippen MR) is 126 cm³/mol. The molecule has 1 aliphatic heterocycles. The number of benzene rings is 2. The van der Waals surface area contributed by atoms with E-state index in [0.717, 1.165) is 0 Å². The predicted octanol–water partition coefficient (Wildman–Crippen LogP) is 4.87. The average Bonchev–Trinajstić information content (AvgIpc) is 3.45. The summed E-state index contributed by atoms with van der Waals surface area (Å²) < 4.78 is 16.5. The van der Waals surface area contributed by atoms with Crippen molar-refractivity contribution in [2.75, 3.05) is 13.2 Å². The van der Waals surface area contributed by atoms with Gasteiger partial charge in [-0.1, -0.05) is 24.8 Å². The molecule has 7 heteroatoms. The fourth-order valence-electron chi connectivity index (χ4n) is 3.92. The van der Waals surface area contributed by atoms with Crippen LogP contribution in [0.3, 0.4) is 0 Å². The number of furan rings is 1. The van der Waals surface area contributed by atoms with Gasteiger partial charge < -0.3 is 23.9 Å². The van der Waals surface area contributed by atoms with Crippen LogP contribution in [0.15, 0.2) is 89.6 Å². The molecule has 7 nitrogen and oxygen atoms in total. The lowest BCUT2D eigenvalue weighted by Crippen LogP contribution is -2.29. The van der Waals surface area contributed by atoms with Crippen LogP contribution >= 0.6 is 0 Å². The number of hydrogen-bond donors (Lipinski definition) is 1. The van der Waals surface area contributed by atoms with Crippen molar-refractivity contribution in [2.24, 2.45) is 0 Å². The largest absolute Gasteiger partial charge is 0.507 e. The van der Waals surface area contributed by atoms with Gasteiger partial charge in [-0.2, -0.15) is 0 Å². The standard InChI is InChI=1S/C27H25NO6/c1-3-14-33-20-12-10-18(11-13-20)25(29)23-24(19-7-5-8-21(16-19)32-4-2)28(27(31)26(23)30)17-22-9-6-15-34-22/h3,5-13,15-16,24,29H,1,4,14,17H2,2H3/b25-23-. The number of aliphatic hydroxyl groups excluding tert-OH is 1. The summed E-state index contributed by atoms with van der Waals surface area (Å²) >= 11 is 0. The molecule has 0 saturated carbocycles. The number of rotatable bonds is 9. The zero-order valence-corrected chi connectivity index (χ0v) is 18.8. The van der Waals surface area contributed by atoms with Crippen LogP contribution in [0.5, 0.6) is 11.5 Å². The molecule has 1 unspecified atom stereocenters. The van der Waals surface area contributed by atoms with Crippen LogP contribution in [0.25, 0.3) is 5.76 Å². The monoisotopic (exact) mass is 459 g/mol. The second-order valence-electron chi connectivity index (χ2n) is 7.64. The molecule has 1 aromatic heterocycles. The molecule has 0 aliphatic carbocycles. The van der Waals surface area contributed by atoms with E-state index in [1.54, 1.807) is 66.7 Å². The Hall–Kier alpha value is -4.26. The Morgan fingerprint density at radius 3 is 2.56 bits per heavy atom. The number of carbonyl (C=O) groups excluding carboxylic acids is 2. The summed E-state index contributed by atoms with van der Waals surface area (Å²) in [7, 11) is 0. The summed E-state index contributed by atoms with van der Waals surface area (Å²) in [4.78, 5) is 27.6. The third-order valence-corrected chi connectivity index (χ3v) is 5.43. The number of nitrogens with zero attached hydrogens (tertiary/aromatic N) is 1. The zero-order chi connectivity index (χ0) is 24.1. The lowest BCUT2D eigenvalue weighted by Gasteiger charge is -2.25. The number of Topliss-reactive ketones (excluding diaryl/α,β-unsaturated/α-hetero) is 1. The summed E-state index contributed by atoms with van der Waals surface area (Å²) in [5.74, 6) is -0.0134. The minimum absolute atomic E-state index is 0.00460. The van der Waals surface area contributed by atoms with Crippen molar-refractivity contribution >= 4 is 17.4 Å². The van der Waals surface area contributed by atoms with Crippen LogP contribution in [0.4, 0.5) is 0 Å². The summed E-state index contributed by atoms with van der Waals surface area (Å²) in [6, 6.07) is 16.4. The van der Waals surface area contributed by atoms with Crippen LogP contribution in [0, 0.1) is 0 Å². The number of likely N-dealkylation sites (tertiary alicyclic amines) is 1. The average molecular weight is 459 g/mol. The Kier molecular flexibility index (Phi) is 6.82. The molecule has 1 atom stereocenters. The molecule has 0 spiro atoms. The van der Waals surface area contributed by atoms with Crippen molar-refractivity contribution in [1.29, 1.82) is 0 Å². The molecule has 4 rings (SSSR count). The number of hydrogen-bond acceptors (Lipinski definition) is 6. The first kappa shape index (κ1) is 22.9. The number of ether oxygens (including phenoxy) is 2. The molecule has 1 N–H and O–H groups in total. The highest BCUT2D eigenvalue weighted by atomic mass is 16.5. The van der Waals surface area contributed by atoms with Gasteiger partial charge in [0, 0.05) is 5.56 Å². The lowest BCUT2D eigenvalue weighted by atomic mass is 9.95. The second-order valence-corrected chi connectivity index (χ2v) is 7.64. The van der Waals surface area contributed by atoms with E-state index in [1.807, 2.05) is 6.92 Å². The van der Waals surface area contributed by atoms with Crippen molar-refractivity contribution in [3.05, 3.63) is 102 Å². The summed E-state index contributed by atoms with van der Waals surface area (Å²) in [5, 5.41) is 11.2. The Morgan fingerprint density at radius 2 is 1.88 bits per heavy atom. The fourth-order valence-corrected chi connectivity index (χ4v) is 3.92. The maximum atomic E-state index is 13.2. The lowest BCUT2D eigenvalue weighted by molar-refractivity contribution is -0.140. The molecule has 0 bridgehead atoms. The van der Waals surface area contributed by atoms with E-state index in [1.165, 1.54) is 11.2 Å². The highest BCUT2D eigenvalue weighted by molar-refractivity contribution is 6.46. The third-order valence-electron chi connectivity index (χ3n) is 5.43. The van der Waals surface area contributed by atoms with Crippen molar-refractivity contribution in [2.45, 2.75) is 19.5 Å². The Bertz CT molecular complexity index is 1210. The first-order valence-electron chi connectivity index (χ1n) is 10.9. The van der Waals surface area contributed by atoms with Crippen LogP contribution in [0.1, 0.15) is 29.9 Å². The fraction of sp³-hybridized carbons (Fsp3) is 0.185. The van der Waals surface area contributed by atoms with Gasteiger partial charge >= 0.3 is 0 Å². The minimum atomic E-state index is -0.817. The van der Waals surface area contributed by atoms with E-state index < -0.39 is 17.7 Å². The Balaban J connectivity index is 1.79. The van der Waals surface area contributed by atoms with Gasteiger partial charge in [0.15, 0.2) is 0 Å². The number of carbonyl (C=O) groups is 2. The number of amides is 1. The topological polar surface area (TPSA) is 89.2 Å². The first-order chi connectivity index (χ1) is 16.5. The van der Waals surface area contributed by atoms with Gasteiger partial charge in [-0.3, -0.25) is 9.59 Å². The van der Waals surface area contributed by atoms with Gasteiger partial charge in [-0.15, -0.1) is 0 Å². The Morgan fingerprint density at radius 1 is 1.09 bits per heavy atom. The van der Waals surface area contributed by atoms with E-state index >= 15 is 0 Å². The molecule has 2 heterocycles. The van der Waals surface area contributed by atoms with E-state index in [2.05, 4.69) is 6.58 Å². The van der Waals surface area contributed by atoms with E-state index in [0.29, 0.717) is 41.6 Å². The maximum Gasteiger partial charge on any atom is 0.296 e. The molecule has 34 heavy (non-hydrogen) atoms. The Labute approximate surface area is 197 Å². The van der Waals surface area contributed by atoms with Gasteiger partial charge in [0.05, 0.1) is 31.0 Å². The van der Waals surface area contributed by atoms with Crippen LogP contribution in [0.2, 0.25) is 0 Å². The molecular weight excluding hydrogens is 434 g/mol. The minimum Gasteiger partial charge on any atom is -0.507 e. The zero-order valence-electron chi connectivity index (χ0n) is 18.8. The van der Waals surface area contributed by atoms with Crippen molar-refractivity contribution < 1.29 is 28.6 Å². The van der Waals surface area contributed by atoms with Crippen LogP contribution in [-0.4, -0.2) is 34.9 Å². The molecular formula is C27H25NO6. The quantitative estimate of drug-likeness (QED) is 0.213. The first-order valence-corrected chi connectivity index (χ1v) is 10.9. The van der Waals surface area contributed by atoms with Crippen molar-refractivity contribution in [3.63, 3.8) is 0 Å². The van der Waals surface area contributed by atoms with Gasteiger partial charge in [-0.25, -0.2) is 0 Å². The smallest absolute Gasteiger partial charge is 0.296 e. The molecule has 0 radical (unpaired) electrons. The normalized spacial score (nSPS) is 17.1. The highest BCUT2D eigenvalue weighted by Gasteiger charge is 2.46. The van der Waals surface area contributed by atoms with E-state index in [9.17, 15) is 14.7 Å². The molecule has 1 aliphatic rings. The molecule has 1 saturated heterocycles. The van der Waals surface area contributed by atoms with Gasteiger partial charge in [0.2, 0.25) is 0 Å². The summed E-state index contributed by atoms with van der Waals surface area (Å²) in [5.41, 5.74) is 1.04. The van der Waals surface area contributed by atoms with Crippen molar-refractivity contribution in [3.8, 4) is 11.5 Å². The molecule has 3 aromatic rings. The van der Waals surface area contributed by atoms with Crippen LogP contribution in [-0.2, 0) is 16.1 Å². The van der Waals surface area contributed by atoms with Gasteiger partial charge in [0.25, 0.3) is 11.7 Å². The van der Waals surface area contributed by atoms with Crippen LogP contribution < -0.4 is 9.47 Å².